The van der Waals surface area contributed by atoms with Gasteiger partial charge in [0.05, 0.1) is 14.2 Å². The second-order valence-electron chi connectivity index (χ2n) is 5.47. The fourth-order valence-corrected chi connectivity index (χ4v) is 3.55. The quantitative estimate of drug-likeness (QED) is 0.617. The molecule has 0 aliphatic rings. The van der Waals surface area contributed by atoms with Crippen LogP contribution in [0.3, 0.4) is 0 Å². The molecule has 0 aliphatic heterocycles. The predicted molar refractivity (Wildman–Crippen MR) is 102 cm³/mol. The molecule has 142 valence electrons. The molecule has 0 aliphatic carbocycles. The summed E-state index contributed by atoms with van der Waals surface area (Å²) in [5, 5.41) is 3.24. The third-order valence-electron chi connectivity index (χ3n) is 3.65. The van der Waals surface area contributed by atoms with Crippen molar-refractivity contribution in [3.05, 3.63) is 42.5 Å². The molecule has 7 nitrogen and oxygen atoms in total. The van der Waals surface area contributed by atoms with Crippen LogP contribution in [0.2, 0.25) is 0 Å². The Morgan fingerprint density at radius 3 is 2.23 bits per heavy atom. The lowest BCUT2D eigenvalue weighted by molar-refractivity contribution is 0.198. The van der Waals surface area contributed by atoms with E-state index in [9.17, 15) is 8.42 Å². The summed E-state index contributed by atoms with van der Waals surface area (Å²) in [5.74, 6) is 0.677. The lowest BCUT2D eigenvalue weighted by Crippen LogP contribution is -2.14. The Morgan fingerprint density at radius 1 is 0.923 bits per heavy atom. The van der Waals surface area contributed by atoms with Crippen LogP contribution in [0.5, 0.6) is 11.5 Å². The summed E-state index contributed by atoms with van der Waals surface area (Å²) in [6.45, 7) is 1.47. The molecule has 0 bridgehead atoms. The summed E-state index contributed by atoms with van der Waals surface area (Å²) in [6.07, 6.45) is 0.889. The van der Waals surface area contributed by atoms with E-state index in [1.807, 2.05) is 12.1 Å². The highest BCUT2D eigenvalue weighted by molar-refractivity contribution is 7.92. The molecule has 0 heterocycles. The number of sulfonamides is 1. The normalized spacial score (nSPS) is 11.0. The summed E-state index contributed by atoms with van der Waals surface area (Å²) in [5.41, 5.74) is 1.36. The van der Waals surface area contributed by atoms with E-state index in [4.69, 9.17) is 14.2 Å². The molecule has 0 saturated heterocycles. The Kier molecular flexibility index (Phi) is 7.11. The zero-order valence-corrected chi connectivity index (χ0v) is 15.9. The number of methoxy groups -OCH3 is 3. The number of ether oxygens (including phenoxy) is 3. The van der Waals surface area contributed by atoms with Gasteiger partial charge in [-0.15, -0.1) is 0 Å². The highest BCUT2D eigenvalue weighted by atomic mass is 32.2. The van der Waals surface area contributed by atoms with E-state index in [0.717, 1.165) is 18.7 Å². The number of nitrogens with one attached hydrogen (secondary N) is 2. The monoisotopic (exact) mass is 380 g/mol. The zero-order valence-electron chi connectivity index (χ0n) is 15.1. The van der Waals surface area contributed by atoms with Gasteiger partial charge in [-0.3, -0.25) is 4.72 Å². The van der Waals surface area contributed by atoms with Gasteiger partial charge in [0, 0.05) is 37.7 Å². The average molecular weight is 380 g/mol. The summed E-state index contributed by atoms with van der Waals surface area (Å²) in [7, 11) is 0.745. The van der Waals surface area contributed by atoms with Crippen LogP contribution in [-0.4, -0.2) is 42.9 Å². The number of benzene rings is 2. The van der Waals surface area contributed by atoms with Crippen LogP contribution < -0.4 is 19.5 Å². The van der Waals surface area contributed by atoms with Crippen molar-refractivity contribution in [3.8, 4) is 11.5 Å². The Balaban J connectivity index is 2.12. The van der Waals surface area contributed by atoms with Crippen molar-refractivity contribution in [2.45, 2.75) is 11.3 Å². The van der Waals surface area contributed by atoms with Crippen molar-refractivity contribution < 1.29 is 22.6 Å². The largest absolute Gasteiger partial charge is 0.497 e. The molecule has 0 unspecified atom stereocenters. The summed E-state index contributed by atoms with van der Waals surface area (Å²) in [4.78, 5) is 0.0149. The maximum atomic E-state index is 12.7. The lowest BCUT2D eigenvalue weighted by Gasteiger charge is -2.13. The minimum absolute atomic E-state index is 0.0149. The van der Waals surface area contributed by atoms with Crippen molar-refractivity contribution in [2.75, 3.05) is 44.5 Å². The van der Waals surface area contributed by atoms with E-state index in [2.05, 4.69) is 10.0 Å². The summed E-state index contributed by atoms with van der Waals surface area (Å²) in [6, 6.07) is 11.6. The van der Waals surface area contributed by atoms with Crippen LogP contribution in [0.4, 0.5) is 11.4 Å². The van der Waals surface area contributed by atoms with Gasteiger partial charge < -0.3 is 19.5 Å². The minimum atomic E-state index is -3.82. The van der Waals surface area contributed by atoms with E-state index >= 15 is 0 Å². The van der Waals surface area contributed by atoms with Crippen LogP contribution >= 0.6 is 0 Å². The maximum absolute atomic E-state index is 12.7. The molecule has 2 aromatic rings. The van der Waals surface area contributed by atoms with Gasteiger partial charge in [0.2, 0.25) is 0 Å². The topological polar surface area (TPSA) is 85.9 Å². The SMILES string of the molecule is COCCCNc1ccc(NS(=O)(=O)c2cc(OC)ccc2OC)cc1. The first-order chi connectivity index (χ1) is 12.5. The molecule has 2 aromatic carbocycles. The van der Waals surface area contributed by atoms with Gasteiger partial charge in [-0.05, 0) is 42.8 Å². The van der Waals surface area contributed by atoms with Crippen molar-refractivity contribution in [1.29, 1.82) is 0 Å². The standard InChI is InChI=1S/C18H24N2O5S/c1-23-12-4-11-19-14-5-7-15(8-6-14)20-26(21,22)18-13-16(24-2)9-10-17(18)25-3/h5-10,13,19-20H,4,11-12H2,1-3H3. The van der Waals surface area contributed by atoms with E-state index in [1.54, 1.807) is 31.4 Å². The third-order valence-corrected chi connectivity index (χ3v) is 5.05. The predicted octanol–water partition coefficient (Wildman–Crippen LogP) is 2.95. The number of rotatable bonds is 10. The maximum Gasteiger partial charge on any atom is 0.265 e. The molecule has 0 radical (unpaired) electrons. The second kappa shape index (κ2) is 9.30. The van der Waals surface area contributed by atoms with E-state index < -0.39 is 10.0 Å². The van der Waals surface area contributed by atoms with Gasteiger partial charge >= 0.3 is 0 Å². The molecule has 0 saturated carbocycles. The molecule has 8 heteroatoms. The zero-order chi connectivity index (χ0) is 19.0. The van der Waals surface area contributed by atoms with Crippen molar-refractivity contribution in [3.63, 3.8) is 0 Å². The molecule has 0 atom stereocenters. The molecule has 26 heavy (non-hydrogen) atoms. The Bertz CT molecular complexity index is 807. The molecular weight excluding hydrogens is 356 g/mol. The molecule has 0 spiro atoms. The first-order valence-electron chi connectivity index (χ1n) is 8.08. The van der Waals surface area contributed by atoms with E-state index in [-0.39, 0.29) is 10.6 Å². The van der Waals surface area contributed by atoms with Gasteiger partial charge in [-0.25, -0.2) is 8.42 Å². The van der Waals surface area contributed by atoms with Gasteiger partial charge in [0.15, 0.2) is 0 Å². The van der Waals surface area contributed by atoms with Gasteiger partial charge in [-0.2, -0.15) is 0 Å². The third kappa shape index (κ3) is 5.27. The fourth-order valence-electron chi connectivity index (χ4n) is 2.31. The Hall–Kier alpha value is -2.45. The van der Waals surface area contributed by atoms with Gasteiger partial charge in [0.1, 0.15) is 16.4 Å². The Morgan fingerprint density at radius 2 is 1.62 bits per heavy atom. The second-order valence-corrected chi connectivity index (χ2v) is 7.12. The van der Waals surface area contributed by atoms with Crippen LogP contribution in [0.1, 0.15) is 6.42 Å². The van der Waals surface area contributed by atoms with Crippen LogP contribution in [0.15, 0.2) is 47.4 Å². The van der Waals surface area contributed by atoms with Crippen molar-refractivity contribution in [2.24, 2.45) is 0 Å². The van der Waals surface area contributed by atoms with Crippen LogP contribution in [-0.2, 0) is 14.8 Å². The first-order valence-corrected chi connectivity index (χ1v) is 9.56. The lowest BCUT2D eigenvalue weighted by atomic mass is 10.3. The van der Waals surface area contributed by atoms with Gasteiger partial charge in [-0.1, -0.05) is 0 Å². The van der Waals surface area contributed by atoms with Crippen LogP contribution in [0, 0.1) is 0 Å². The van der Waals surface area contributed by atoms with Crippen molar-refractivity contribution >= 4 is 21.4 Å². The summed E-state index contributed by atoms with van der Waals surface area (Å²) >= 11 is 0. The molecular formula is C18H24N2O5S. The average Bonchev–Trinajstić information content (AvgIpc) is 2.65. The van der Waals surface area contributed by atoms with E-state index in [0.29, 0.717) is 18.0 Å². The fraction of sp³-hybridized carbons (Fsp3) is 0.333. The minimum Gasteiger partial charge on any atom is -0.497 e. The highest BCUT2D eigenvalue weighted by Gasteiger charge is 2.20. The molecule has 2 rings (SSSR count). The number of anilines is 2. The molecule has 0 amide bonds. The Labute approximate surface area is 154 Å². The first kappa shape index (κ1) is 19.9. The number of hydrogen-bond acceptors (Lipinski definition) is 6. The highest BCUT2D eigenvalue weighted by Crippen LogP contribution is 2.29. The van der Waals surface area contributed by atoms with Crippen LogP contribution in [0.25, 0.3) is 0 Å². The van der Waals surface area contributed by atoms with Gasteiger partial charge in [0.25, 0.3) is 10.0 Å². The van der Waals surface area contributed by atoms with E-state index in [1.165, 1.54) is 20.3 Å². The smallest absolute Gasteiger partial charge is 0.265 e. The van der Waals surface area contributed by atoms with Crippen molar-refractivity contribution in [1.82, 2.24) is 0 Å². The number of hydrogen-bond donors (Lipinski definition) is 2. The molecule has 0 aromatic heterocycles. The molecule has 2 N–H and O–H groups in total. The molecule has 0 fully saturated rings. The summed E-state index contributed by atoms with van der Waals surface area (Å²) < 4.78 is 43.2.